The second-order valence-electron chi connectivity index (χ2n) is 6.97. The van der Waals surface area contributed by atoms with Crippen molar-refractivity contribution in [3.8, 4) is 0 Å². The first-order valence-corrected chi connectivity index (χ1v) is 10.6. The van der Waals surface area contributed by atoms with Crippen molar-refractivity contribution in [3.05, 3.63) is 45.6 Å². The van der Waals surface area contributed by atoms with Crippen molar-refractivity contribution in [2.75, 3.05) is 11.9 Å². The molecule has 1 N–H and O–H groups in total. The number of tetrazole rings is 1. The zero-order valence-corrected chi connectivity index (χ0v) is 17.9. The van der Waals surface area contributed by atoms with E-state index in [9.17, 15) is 4.79 Å². The van der Waals surface area contributed by atoms with Crippen LogP contribution in [0.5, 0.6) is 0 Å². The Kier molecular flexibility index (Phi) is 7.19. The predicted molar refractivity (Wildman–Crippen MR) is 111 cm³/mol. The van der Waals surface area contributed by atoms with Crippen LogP contribution in [-0.2, 0) is 9.53 Å². The fourth-order valence-electron chi connectivity index (χ4n) is 3.35. The number of hydrogen-bond acceptors (Lipinski definition) is 6. The van der Waals surface area contributed by atoms with Gasteiger partial charge in [0, 0.05) is 10.2 Å². The Hall–Kier alpha value is -2.22. The van der Waals surface area contributed by atoms with Gasteiger partial charge in [0.1, 0.15) is 6.04 Å². The van der Waals surface area contributed by atoms with Crippen LogP contribution in [0.3, 0.4) is 0 Å². The molecule has 2 heterocycles. The van der Waals surface area contributed by atoms with Gasteiger partial charge in [0.05, 0.1) is 12.2 Å². The first kappa shape index (κ1) is 20.5. The number of halogens is 1. The van der Waals surface area contributed by atoms with Crippen molar-refractivity contribution >= 4 is 27.8 Å². The summed E-state index contributed by atoms with van der Waals surface area (Å²) in [4.78, 5) is 12.9. The SMILES string of the molecule is CCCCCCCCOC(=O)C1=C(C)Nc2nnnn2[C@@H]1c1ccc(Br)cc1. The molecule has 0 bridgehead atoms. The number of aromatic nitrogens is 4. The number of nitrogens with zero attached hydrogens (tertiary/aromatic N) is 4. The van der Waals surface area contributed by atoms with Gasteiger partial charge in [-0.15, -0.1) is 0 Å². The lowest BCUT2D eigenvalue weighted by Gasteiger charge is -2.27. The maximum atomic E-state index is 12.9. The second-order valence-corrected chi connectivity index (χ2v) is 7.88. The highest BCUT2D eigenvalue weighted by Gasteiger charge is 2.34. The molecule has 0 spiro atoms. The molecule has 8 heteroatoms. The topological polar surface area (TPSA) is 81.9 Å². The molecule has 0 saturated heterocycles. The molecule has 0 unspecified atom stereocenters. The van der Waals surface area contributed by atoms with Crippen molar-refractivity contribution in [3.63, 3.8) is 0 Å². The van der Waals surface area contributed by atoms with E-state index in [0.29, 0.717) is 23.8 Å². The van der Waals surface area contributed by atoms with E-state index in [1.807, 2.05) is 31.2 Å². The molecule has 1 aliphatic heterocycles. The van der Waals surface area contributed by atoms with Crippen LogP contribution in [0, 0.1) is 0 Å². The molecule has 0 radical (unpaired) electrons. The zero-order valence-electron chi connectivity index (χ0n) is 16.3. The number of nitrogens with one attached hydrogen (secondary N) is 1. The lowest BCUT2D eigenvalue weighted by atomic mass is 9.96. The molecule has 0 aliphatic carbocycles. The van der Waals surface area contributed by atoms with Crippen LogP contribution in [0.15, 0.2) is 40.0 Å². The van der Waals surface area contributed by atoms with Crippen LogP contribution in [0.1, 0.15) is 64.0 Å². The van der Waals surface area contributed by atoms with Gasteiger partial charge >= 0.3 is 5.97 Å². The van der Waals surface area contributed by atoms with Gasteiger partial charge in [-0.3, -0.25) is 0 Å². The Bertz CT molecular complexity index is 831. The van der Waals surface area contributed by atoms with Gasteiger partial charge in [0.2, 0.25) is 5.95 Å². The van der Waals surface area contributed by atoms with Gasteiger partial charge in [-0.1, -0.05) is 72.2 Å². The van der Waals surface area contributed by atoms with E-state index >= 15 is 0 Å². The Labute approximate surface area is 173 Å². The minimum Gasteiger partial charge on any atom is -0.462 e. The average molecular weight is 448 g/mol. The molecule has 7 nitrogen and oxygen atoms in total. The quantitative estimate of drug-likeness (QED) is 0.445. The lowest BCUT2D eigenvalue weighted by molar-refractivity contribution is -0.139. The number of rotatable bonds is 9. The van der Waals surface area contributed by atoms with Crippen molar-refractivity contribution in [1.29, 1.82) is 0 Å². The maximum Gasteiger partial charge on any atom is 0.338 e. The normalized spacial score (nSPS) is 15.9. The molecule has 1 aromatic heterocycles. The second kappa shape index (κ2) is 9.82. The van der Waals surface area contributed by atoms with Crippen molar-refractivity contribution in [2.24, 2.45) is 0 Å². The predicted octanol–water partition coefficient (Wildman–Crippen LogP) is 4.63. The van der Waals surface area contributed by atoms with E-state index in [-0.39, 0.29) is 5.97 Å². The fourth-order valence-corrected chi connectivity index (χ4v) is 3.62. The third-order valence-electron chi connectivity index (χ3n) is 4.85. The van der Waals surface area contributed by atoms with Gasteiger partial charge in [-0.05, 0) is 41.5 Å². The van der Waals surface area contributed by atoms with E-state index in [0.717, 1.165) is 22.9 Å². The summed E-state index contributed by atoms with van der Waals surface area (Å²) < 4.78 is 8.19. The molecule has 1 atom stereocenters. The first-order chi connectivity index (χ1) is 13.6. The molecule has 3 rings (SSSR count). The van der Waals surface area contributed by atoms with Crippen LogP contribution in [0.25, 0.3) is 0 Å². The molecule has 150 valence electrons. The number of esters is 1. The van der Waals surface area contributed by atoms with Crippen molar-refractivity contribution in [1.82, 2.24) is 20.2 Å². The Morgan fingerprint density at radius 1 is 1.18 bits per heavy atom. The average Bonchev–Trinajstić information content (AvgIpc) is 3.14. The lowest BCUT2D eigenvalue weighted by Crippen LogP contribution is -2.29. The van der Waals surface area contributed by atoms with Crippen LogP contribution >= 0.6 is 15.9 Å². The summed E-state index contributed by atoms with van der Waals surface area (Å²) in [7, 11) is 0. The number of fused-ring (bicyclic) bond motifs is 1. The summed E-state index contributed by atoms with van der Waals surface area (Å²) >= 11 is 3.45. The van der Waals surface area contributed by atoms with E-state index in [2.05, 4.69) is 43.7 Å². The summed E-state index contributed by atoms with van der Waals surface area (Å²) in [6, 6.07) is 7.38. The van der Waals surface area contributed by atoms with Crippen LogP contribution in [0.2, 0.25) is 0 Å². The number of benzene rings is 1. The molecule has 0 fully saturated rings. The zero-order chi connectivity index (χ0) is 19.9. The summed E-state index contributed by atoms with van der Waals surface area (Å²) in [5.41, 5.74) is 2.17. The van der Waals surface area contributed by atoms with E-state index in [4.69, 9.17) is 4.74 Å². The Balaban J connectivity index is 1.72. The monoisotopic (exact) mass is 447 g/mol. The van der Waals surface area contributed by atoms with Crippen LogP contribution in [-0.4, -0.2) is 32.8 Å². The molecular weight excluding hydrogens is 422 g/mol. The highest BCUT2D eigenvalue weighted by atomic mass is 79.9. The third kappa shape index (κ3) is 4.79. The highest BCUT2D eigenvalue weighted by molar-refractivity contribution is 9.10. The number of ether oxygens (including phenoxy) is 1. The number of anilines is 1. The summed E-state index contributed by atoms with van der Waals surface area (Å²) in [6.07, 6.45) is 6.88. The molecule has 2 aromatic rings. The Morgan fingerprint density at radius 2 is 1.89 bits per heavy atom. The number of allylic oxidation sites excluding steroid dienone is 1. The summed E-state index contributed by atoms with van der Waals surface area (Å²) in [5, 5.41) is 14.9. The summed E-state index contributed by atoms with van der Waals surface area (Å²) in [6.45, 7) is 4.48. The molecule has 28 heavy (non-hydrogen) atoms. The molecule has 1 aliphatic rings. The molecule has 0 amide bonds. The van der Waals surface area contributed by atoms with E-state index in [1.165, 1.54) is 25.7 Å². The van der Waals surface area contributed by atoms with Gasteiger partial charge in [-0.2, -0.15) is 4.68 Å². The summed E-state index contributed by atoms with van der Waals surface area (Å²) in [5.74, 6) is 0.186. The van der Waals surface area contributed by atoms with Gasteiger partial charge < -0.3 is 10.1 Å². The maximum absolute atomic E-state index is 12.9. The van der Waals surface area contributed by atoms with Crippen LogP contribution < -0.4 is 5.32 Å². The van der Waals surface area contributed by atoms with Gasteiger partial charge in [0.15, 0.2) is 0 Å². The number of hydrogen-bond donors (Lipinski definition) is 1. The van der Waals surface area contributed by atoms with E-state index in [1.54, 1.807) is 4.68 Å². The van der Waals surface area contributed by atoms with Gasteiger partial charge in [-0.25, -0.2) is 4.79 Å². The minimum absolute atomic E-state index is 0.326. The number of carbonyl (C=O) groups is 1. The minimum atomic E-state index is -0.420. The largest absolute Gasteiger partial charge is 0.462 e. The number of unbranched alkanes of at least 4 members (excludes halogenated alkanes) is 5. The van der Waals surface area contributed by atoms with Crippen molar-refractivity contribution in [2.45, 2.75) is 58.4 Å². The van der Waals surface area contributed by atoms with E-state index < -0.39 is 6.04 Å². The number of carbonyl (C=O) groups excluding carboxylic acids is 1. The van der Waals surface area contributed by atoms with Crippen molar-refractivity contribution < 1.29 is 9.53 Å². The third-order valence-corrected chi connectivity index (χ3v) is 5.38. The Morgan fingerprint density at radius 3 is 2.64 bits per heavy atom. The first-order valence-electron chi connectivity index (χ1n) is 9.80. The van der Waals surface area contributed by atoms with Gasteiger partial charge in [0.25, 0.3) is 0 Å². The highest BCUT2D eigenvalue weighted by Crippen LogP contribution is 2.35. The fraction of sp³-hybridized carbons (Fsp3) is 0.500. The molecule has 0 saturated carbocycles. The molecule has 1 aromatic carbocycles. The smallest absolute Gasteiger partial charge is 0.338 e. The molecular formula is C20H26BrN5O2. The standard InChI is InChI=1S/C20H26BrN5O2/c1-3-4-5-6-7-8-13-28-19(27)17-14(2)22-20-23-24-25-26(20)18(17)15-9-11-16(21)12-10-15/h9-12,18H,3-8,13H2,1-2H3,(H,22,23,25)/t18-/m1/s1. The van der Waals surface area contributed by atoms with Crippen LogP contribution in [0.4, 0.5) is 5.95 Å².